The number of anilines is 1. The molecule has 0 bridgehead atoms. The number of imide groups is 1. The predicted molar refractivity (Wildman–Crippen MR) is 77.9 cm³/mol. The number of fused-ring (bicyclic) bond motifs is 1. The molecule has 5 heteroatoms. The van der Waals surface area contributed by atoms with Crippen LogP contribution in [0.2, 0.25) is 0 Å². The van der Waals surface area contributed by atoms with Crippen LogP contribution in [-0.4, -0.2) is 23.5 Å². The summed E-state index contributed by atoms with van der Waals surface area (Å²) in [5.41, 5.74) is 0.849. The second-order valence-electron chi connectivity index (χ2n) is 4.62. The molecule has 0 radical (unpaired) electrons. The second-order valence-corrected chi connectivity index (χ2v) is 4.62. The average Bonchev–Trinajstić information content (AvgIpc) is 2.78. The highest BCUT2D eigenvalue weighted by Crippen LogP contribution is 2.29. The van der Waals surface area contributed by atoms with E-state index in [-0.39, 0.29) is 17.9 Å². The lowest BCUT2D eigenvalue weighted by atomic mass is 10.1. The fourth-order valence-electron chi connectivity index (χ4n) is 2.30. The van der Waals surface area contributed by atoms with Crippen molar-refractivity contribution in [2.75, 3.05) is 11.5 Å². The Morgan fingerprint density at radius 2 is 1.68 bits per heavy atom. The third-order valence-electron chi connectivity index (χ3n) is 3.31. The van der Waals surface area contributed by atoms with E-state index in [9.17, 15) is 14.0 Å². The van der Waals surface area contributed by atoms with Gasteiger partial charge in [0.05, 0.1) is 22.4 Å². The summed E-state index contributed by atoms with van der Waals surface area (Å²) in [6.07, 6.45) is 0. The number of nitrogens with zero attached hydrogens (tertiary/aromatic N) is 1. The summed E-state index contributed by atoms with van der Waals surface area (Å²) in [4.78, 5) is 25.5. The van der Waals surface area contributed by atoms with Gasteiger partial charge in [0, 0.05) is 0 Å². The molecule has 22 heavy (non-hydrogen) atoms. The second kappa shape index (κ2) is 5.43. The zero-order chi connectivity index (χ0) is 15.7. The lowest BCUT2D eigenvalue weighted by Gasteiger charge is -2.14. The predicted octanol–water partition coefficient (Wildman–Crippen LogP) is 1.97. The molecule has 1 aliphatic rings. The Kier molecular flexibility index (Phi) is 3.45. The van der Waals surface area contributed by atoms with E-state index in [0.717, 1.165) is 11.0 Å². The lowest BCUT2D eigenvalue weighted by molar-refractivity contribution is 0.0926. The number of hydrogen-bond acceptors (Lipinski definition) is 3. The van der Waals surface area contributed by atoms with Crippen molar-refractivity contribution in [2.24, 2.45) is 0 Å². The number of carbonyl (C=O) groups excluding carboxylic acids is 2. The van der Waals surface area contributed by atoms with Crippen LogP contribution in [-0.2, 0) is 0 Å². The van der Waals surface area contributed by atoms with Gasteiger partial charge in [-0.05, 0) is 30.3 Å². The first-order valence-corrected chi connectivity index (χ1v) is 6.50. The highest BCUT2D eigenvalue weighted by molar-refractivity contribution is 6.34. The molecule has 0 unspecified atom stereocenters. The minimum absolute atomic E-state index is 0.0920. The number of carbonyl (C=O) groups is 2. The Morgan fingerprint density at radius 3 is 2.23 bits per heavy atom. The number of benzene rings is 2. The fraction of sp³-hybridized carbons (Fsp3) is 0.0588. The molecule has 0 aromatic heterocycles. The molecule has 0 saturated heterocycles. The van der Waals surface area contributed by atoms with Crippen LogP contribution in [0.3, 0.4) is 0 Å². The first-order valence-electron chi connectivity index (χ1n) is 6.50. The third-order valence-corrected chi connectivity index (χ3v) is 3.31. The van der Waals surface area contributed by atoms with Gasteiger partial charge in [0.25, 0.3) is 11.8 Å². The maximum Gasteiger partial charge on any atom is 0.266 e. The Bertz CT molecular complexity index is 813. The molecule has 2 aromatic rings. The van der Waals surface area contributed by atoms with Crippen molar-refractivity contribution in [1.82, 2.24) is 0 Å². The quantitative estimate of drug-likeness (QED) is 0.646. The van der Waals surface area contributed by atoms with Crippen molar-refractivity contribution < 1.29 is 19.1 Å². The summed E-state index contributed by atoms with van der Waals surface area (Å²) in [7, 11) is 0. The molecule has 1 N–H and O–H groups in total. The minimum atomic E-state index is -0.657. The number of aliphatic hydroxyl groups is 1. The van der Waals surface area contributed by atoms with Gasteiger partial charge in [-0.15, -0.1) is 0 Å². The largest absolute Gasteiger partial charge is 0.384 e. The van der Waals surface area contributed by atoms with Gasteiger partial charge in [-0.25, -0.2) is 9.29 Å². The molecule has 0 aliphatic carbocycles. The first kappa shape index (κ1) is 14.0. The summed E-state index contributed by atoms with van der Waals surface area (Å²) < 4.78 is 14.0. The van der Waals surface area contributed by atoms with E-state index in [4.69, 9.17) is 5.11 Å². The van der Waals surface area contributed by atoms with E-state index < -0.39 is 17.6 Å². The van der Waals surface area contributed by atoms with Crippen LogP contribution >= 0.6 is 0 Å². The van der Waals surface area contributed by atoms with Gasteiger partial charge in [-0.3, -0.25) is 9.59 Å². The van der Waals surface area contributed by atoms with Gasteiger partial charge >= 0.3 is 0 Å². The number of amides is 2. The summed E-state index contributed by atoms with van der Waals surface area (Å²) in [5, 5.41) is 8.62. The molecule has 0 atom stereocenters. The molecule has 0 saturated carbocycles. The smallest absolute Gasteiger partial charge is 0.266 e. The van der Waals surface area contributed by atoms with E-state index in [1.54, 1.807) is 24.3 Å². The van der Waals surface area contributed by atoms with Crippen molar-refractivity contribution in [3.63, 3.8) is 0 Å². The number of hydrogen-bond donors (Lipinski definition) is 1. The molecule has 1 aliphatic heterocycles. The molecule has 3 rings (SSSR count). The summed E-state index contributed by atoms with van der Waals surface area (Å²) in [6.45, 7) is -0.375. The molecule has 4 nitrogen and oxygen atoms in total. The molecule has 0 spiro atoms. The highest BCUT2D eigenvalue weighted by atomic mass is 19.1. The normalized spacial score (nSPS) is 12.9. The molecule has 2 amide bonds. The van der Waals surface area contributed by atoms with Crippen molar-refractivity contribution in [3.8, 4) is 11.8 Å². The SMILES string of the molecule is O=C1c2ccccc2C(=O)N1c1ccc(C#CCO)c(F)c1. The maximum absolute atomic E-state index is 14.0. The van der Waals surface area contributed by atoms with E-state index in [2.05, 4.69) is 11.8 Å². The van der Waals surface area contributed by atoms with Gasteiger partial charge in [-0.1, -0.05) is 24.0 Å². The molecule has 2 aromatic carbocycles. The van der Waals surface area contributed by atoms with Gasteiger partial charge in [0.2, 0.25) is 0 Å². The van der Waals surface area contributed by atoms with Crippen LogP contribution in [0, 0.1) is 17.7 Å². The minimum Gasteiger partial charge on any atom is -0.384 e. The number of aliphatic hydroxyl groups excluding tert-OH is 1. The van der Waals surface area contributed by atoms with Gasteiger partial charge in [0.1, 0.15) is 12.4 Å². The highest BCUT2D eigenvalue weighted by Gasteiger charge is 2.36. The van der Waals surface area contributed by atoms with Crippen molar-refractivity contribution in [3.05, 3.63) is 65.0 Å². The number of halogens is 1. The van der Waals surface area contributed by atoms with Crippen LogP contribution in [0.25, 0.3) is 0 Å². The zero-order valence-electron chi connectivity index (χ0n) is 11.3. The third kappa shape index (κ3) is 2.16. The van der Waals surface area contributed by atoms with Crippen LogP contribution in [0.4, 0.5) is 10.1 Å². The van der Waals surface area contributed by atoms with E-state index >= 15 is 0 Å². The van der Waals surface area contributed by atoms with E-state index in [1.807, 2.05) is 0 Å². The van der Waals surface area contributed by atoms with Crippen LogP contribution in [0.5, 0.6) is 0 Å². The monoisotopic (exact) mass is 295 g/mol. The van der Waals surface area contributed by atoms with E-state index in [1.165, 1.54) is 12.1 Å². The van der Waals surface area contributed by atoms with Gasteiger partial charge in [0.15, 0.2) is 0 Å². The maximum atomic E-state index is 14.0. The van der Waals surface area contributed by atoms with Crippen molar-refractivity contribution in [2.45, 2.75) is 0 Å². The summed E-state index contributed by atoms with van der Waals surface area (Å²) in [5.74, 6) is 3.19. The molecule has 1 heterocycles. The molecular weight excluding hydrogens is 285 g/mol. The number of rotatable bonds is 1. The van der Waals surface area contributed by atoms with Gasteiger partial charge in [-0.2, -0.15) is 0 Å². The zero-order valence-corrected chi connectivity index (χ0v) is 11.3. The van der Waals surface area contributed by atoms with Crippen LogP contribution in [0.1, 0.15) is 26.3 Å². The lowest BCUT2D eigenvalue weighted by Crippen LogP contribution is -2.29. The Balaban J connectivity index is 2.01. The molecule has 108 valence electrons. The molecular formula is C17H10FNO3. The van der Waals surface area contributed by atoms with Crippen molar-refractivity contribution >= 4 is 17.5 Å². The topological polar surface area (TPSA) is 57.6 Å². The Morgan fingerprint density at radius 1 is 1.05 bits per heavy atom. The summed E-state index contributed by atoms with van der Waals surface area (Å²) in [6, 6.07) is 10.4. The van der Waals surface area contributed by atoms with Crippen LogP contribution < -0.4 is 4.90 Å². The molecule has 0 fully saturated rings. The average molecular weight is 295 g/mol. The Hall–Kier alpha value is -2.97. The first-order chi connectivity index (χ1) is 10.6. The van der Waals surface area contributed by atoms with E-state index in [0.29, 0.717) is 11.1 Å². The fourth-order valence-corrected chi connectivity index (χ4v) is 2.30. The van der Waals surface area contributed by atoms with Gasteiger partial charge < -0.3 is 5.11 Å². The Labute approximate surface area is 125 Å². The van der Waals surface area contributed by atoms with Crippen molar-refractivity contribution in [1.29, 1.82) is 0 Å². The summed E-state index contributed by atoms with van der Waals surface area (Å²) >= 11 is 0. The standard InChI is InChI=1S/C17H10FNO3/c18-15-10-12(8-7-11(15)4-3-9-20)19-16(21)13-5-1-2-6-14(13)17(19)22/h1-2,5-8,10,20H,9H2. The van der Waals surface area contributed by atoms with Crippen LogP contribution in [0.15, 0.2) is 42.5 Å².